The number of piperazine rings is 1. The number of hydrogen-bond acceptors (Lipinski definition) is 5. The third kappa shape index (κ3) is 6.27. The first-order valence-electron chi connectivity index (χ1n) is 10.3. The summed E-state index contributed by atoms with van der Waals surface area (Å²) in [5.41, 5.74) is 1.70. The fourth-order valence-electron chi connectivity index (χ4n) is 4.09. The second kappa shape index (κ2) is 10.1. The summed E-state index contributed by atoms with van der Waals surface area (Å²) >= 11 is 0.664. The smallest absolute Gasteiger partial charge is 0.398 e. The van der Waals surface area contributed by atoms with Crippen LogP contribution in [-0.4, -0.2) is 61.7 Å². The van der Waals surface area contributed by atoms with E-state index in [1.807, 2.05) is 0 Å². The molecular formula is C21H27F4N3O2S. The number of halogens is 4. The van der Waals surface area contributed by atoms with Gasteiger partial charge in [-0.25, -0.2) is 4.39 Å². The lowest BCUT2D eigenvalue weighted by Crippen LogP contribution is -2.49. The van der Waals surface area contributed by atoms with Crippen LogP contribution in [0.4, 0.5) is 23.2 Å². The first kappa shape index (κ1) is 23.7. The molecule has 1 saturated heterocycles. The van der Waals surface area contributed by atoms with Gasteiger partial charge in [-0.05, 0) is 43.9 Å². The molecule has 1 amide bonds. The van der Waals surface area contributed by atoms with Crippen molar-refractivity contribution in [2.75, 3.05) is 43.9 Å². The summed E-state index contributed by atoms with van der Waals surface area (Å²) < 4.78 is 52.3. The van der Waals surface area contributed by atoms with Gasteiger partial charge in [0.15, 0.2) is 0 Å². The third-order valence-corrected chi connectivity index (χ3v) is 6.92. The highest BCUT2D eigenvalue weighted by molar-refractivity contribution is 7.99. The molecule has 3 rings (SSSR count). The van der Waals surface area contributed by atoms with Gasteiger partial charge < -0.3 is 14.6 Å². The lowest BCUT2D eigenvalue weighted by molar-refractivity contribution is -0.132. The molecule has 1 heterocycles. The molecule has 0 radical (unpaired) electrons. The SMILES string of the molecule is CON=C1CCCC1CC(=O)N1CCN(c2cc(SCC(F)(F)F)c(C)cc2F)CC1. The maximum Gasteiger partial charge on any atom is 0.398 e. The van der Waals surface area contributed by atoms with E-state index in [0.717, 1.165) is 25.0 Å². The van der Waals surface area contributed by atoms with Crippen LogP contribution in [0.2, 0.25) is 0 Å². The van der Waals surface area contributed by atoms with Gasteiger partial charge in [0.1, 0.15) is 12.9 Å². The van der Waals surface area contributed by atoms with Crippen molar-refractivity contribution >= 4 is 29.1 Å². The standard InChI is InChI=1S/C21H27F4N3O2S/c1-14-10-16(22)18(12-19(14)31-13-21(23,24)25)27-6-8-28(9-7-27)20(29)11-15-4-3-5-17(15)26-30-2/h10,12,15H,3-9,11,13H2,1-2H3. The minimum Gasteiger partial charge on any atom is -0.399 e. The van der Waals surface area contributed by atoms with Gasteiger partial charge in [-0.2, -0.15) is 13.2 Å². The molecule has 0 spiro atoms. The number of rotatable bonds is 6. The average molecular weight is 462 g/mol. The molecule has 5 nitrogen and oxygen atoms in total. The number of nitrogens with zero attached hydrogens (tertiary/aromatic N) is 3. The van der Waals surface area contributed by atoms with Gasteiger partial charge in [0.2, 0.25) is 5.91 Å². The minimum atomic E-state index is -4.29. The number of hydrogen-bond donors (Lipinski definition) is 0. The summed E-state index contributed by atoms with van der Waals surface area (Å²) in [4.78, 5) is 21.6. The molecule has 1 saturated carbocycles. The molecule has 0 N–H and O–H groups in total. The van der Waals surface area contributed by atoms with E-state index in [1.54, 1.807) is 16.7 Å². The highest BCUT2D eigenvalue weighted by Gasteiger charge is 2.30. The van der Waals surface area contributed by atoms with Gasteiger partial charge in [-0.15, -0.1) is 11.8 Å². The van der Waals surface area contributed by atoms with Crippen LogP contribution >= 0.6 is 11.8 Å². The maximum absolute atomic E-state index is 14.6. The van der Waals surface area contributed by atoms with Gasteiger partial charge in [0.25, 0.3) is 0 Å². The van der Waals surface area contributed by atoms with E-state index in [-0.39, 0.29) is 17.5 Å². The van der Waals surface area contributed by atoms with Crippen LogP contribution in [0.5, 0.6) is 0 Å². The minimum absolute atomic E-state index is 0.0427. The Balaban J connectivity index is 1.60. The van der Waals surface area contributed by atoms with E-state index in [2.05, 4.69) is 5.16 Å². The molecule has 1 aromatic rings. The number of alkyl halides is 3. The first-order chi connectivity index (χ1) is 14.7. The van der Waals surface area contributed by atoms with Crippen molar-refractivity contribution in [3.8, 4) is 0 Å². The molecule has 1 aliphatic carbocycles. The number of amides is 1. The highest BCUT2D eigenvalue weighted by atomic mass is 32.2. The quantitative estimate of drug-likeness (QED) is 0.352. The summed E-state index contributed by atoms with van der Waals surface area (Å²) in [7, 11) is 1.50. The summed E-state index contributed by atoms with van der Waals surface area (Å²) in [6, 6.07) is 2.77. The second-order valence-corrected chi connectivity index (χ2v) is 8.92. The monoisotopic (exact) mass is 461 g/mol. The molecule has 10 heteroatoms. The van der Waals surface area contributed by atoms with Gasteiger partial charge in [-0.1, -0.05) is 5.16 Å². The largest absolute Gasteiger partial charge is 0.399 e. The maximum atomic E-state index is 14.6. The fraction of sp³-hybridized carbons (Fsp3) is 0.619. The predicted octanol–water partition coefficient (Wildman–Crippen LogP) is 4.63. The summed E-state index contributed by atoms with van der Waals surface area (Å²) in [5, 5.41) is 4.03. The summed E-state index contributed by atoms with van der Waals surface area (Å²) in [5.74, 6) is -1.33. The Labute approximate surface area is 183 Å². The zero-order chi connectivity index (χ0) is 22.6. The molecule has 1 unspecified atom stereocenters. The van der Waals surface area contributed by atoms with Crippen LogP contribution in [0.15, 0.2) is 22.2 Å². The van der Waals surface area contributed by atoms with Crippen molar-refractivity contribution in [3.63, 3.8) is 0 Å². The molecular weight excluding hydrogens is 434 g/mol. The van der Waals surface area contributed by atoms with Crippen molar-refractivity contribution in [2.45, 2.75) is 43.7 Å². The second-order valence-electron chi connectivity index (χ2n) is 7.90. The van der Waals surface area contributed by atoms with Gasteiger partial charge >= 0.3 is 6.18 Å². The molecule has 1 atom stereocenters. The van der Waals surface area contributed by atoms with Crippen molar-refractivity contribution in [3.05, 3.63) is 23.5 Å². The van der Waals surface area contributed by atoms with Crippen molar-refractivity contribution in [2.24, 2.45) is 11.1 Å². The lowest BCUT2D eigenvalue weighted by Gasteiger charge is -2.37. The van der Waals surface area contributed by atoms with Gasteiger partial charge in [-0.3, -0.25) is 4.79 Å². The summed E-state index contributed by atoms with van der Waals surface area (Å²) in [6.45, 7) is 3.35. The highest BCUT2D eigenvalue weighted by Crippen LogP contribution is 2.34. The Morgan fingerprint density at radius 1 is 1.26 bits per heavy atom. The van der Waals surface area contributed by atoms with Crippen molar-refractivity contribution < 1.29 is 27.2 Å². The summed E-state index contributed by atoms with van der Waals surface area (Å²) in [6.07, 6.45) is -1.14. The number of carbonyl (C=O) groups excluding carboxylic acids is 1. The number of aryl methyl sites for hydroxylation is 1. The van der Waals surface area contributed by atoms with E-state index in [9.17, 15) is 22.4 Å². The van der Waals surface area contributed by atoms with Crippen molar-refractivity contribution in [1.29, 1.82) is 0 Å². The van der Waals surface area contributed by atoms with E-state index < -0.39 is 17.7 Å². The predicted molar refractivity (Wildman–Crippen MR) is 113 cm³/mol. The number of benzene rings is 1. The van der Waals surface area contributed by atoms with Crippen LogP contribution in [-0.2, 0) is 9.63 Å². The van der Waals surface area contributed by atoms with E-state index >= 15 is 0 Å². The Kier molecular flexibility index (Phi) is 7.72. The Morgan fingerprint density at radius 3 is 2.61 bits per heavy atom. The molecule has 2 aliphatic rings. The zero-order valence-electron chi connectivity index (χ0n) is 17.7. The van der Waals surface area contributed by atoms with E-state index in [4.69, 9.17) is 4.84 Å². The van der Waals surface area contributed by atoms with Crippen LogP contribution in [0.3, 0.4) is 0 Å². The van der Waals surface area contributed by atoms with Crippen LogP contribution in [0.1, 0.15) is 31.2 Å². The Bertz CT molecular complexity index is 824. The van der Waals surface area contributed by atoms with Crippen molar-refractivity contribution in [1.82, 2.24) is 4.90 Å². The molecule has 0 bridgehead atoms. The molecule has 1 aliphatic heterocycles. The number of thioether (sulfide) groups is 1. The lowest BCUT2D eigenvalue weighted by atomic mass is 10.0. The Hall–Kier alpha value is -1.97. The van der Waals surface area contributed by atoms with Gasteiger partial charge in [0.05, 0.1) is 17.2 Å². The van der Waals surface area contributed by atoms with E-state index in [1.165, 1.54) is 19.2 Å². The molecule has 0 aromatic heterocycles. The zero-order valence-corrected chi connectivity index (χ0v) is 18.5. The topological polar surface area (TPSA) is 45.1 Å². The molecule has 1 aromatic carbocycles. The molecule has 31 heavy (non-hydrogen) atoms. The first-order valence-corrected chi connectivity index (χ1v) is 11.3. The number of anilines is 1. The number of oxime groups is 1. The Morgan fingerprint density at radius 2 is 1.97 bits per heavy atom. The molecule has 172 valence electrons. The normalized spacial score (nSPS) is 21.1. The van der Waals surface area contributed by atoms with Crippen LogP contribution in [0.25, 0.3) is 0 Å². The van der Waals surface area contributed by atoms with E-state index in [0.29, 0.717) is 54.8 Å². The number of carbonyl (C=O) groups is 1. The van der Waals surface area contributed by atoms with Crippen LogP contribution < -0.4 is 4.90 Å². The average Bonchev–Trinajstić information content (AvgIpc) is 3.14. The van der Waals surface area contributed by atoms with Crippen LogP contribution in [0, 0.1) is 18.7 Å². The fourth-order valence-corrected chi connectivity index (χ4v) is 4.89. The van der Waals surface area contributed by atoms with Gasteiger partial charge in [0, 0.05) is 43.4 Å². The third-order valence-electron chi connectivity index (χ3n) is 5.70. The molecule has 2 fully saturated rings.